The van der Waals surface area contributed by atoms with Gasteiger partial charge < -0.3 is 4.98 Å². The van der Waals surface area contributed by atoms with E-state index in [1.807, 2.05) is 69.7 Å². The predicted molar refractivity (Wildman–Crippen MR) is 449 cm³/mol. The van der Waals surface area contributed by atoms with Gasteiger partial charge in [-0.1, -0.05) is 242 Å². The van der Waals surface area contributed by atoms with Gasteiger partial charge in [0.1, 0.15) is 9.66 Å². The molecule has 21 aromatic rings. The Morgan fingerprint density at radius 1 is 0.340 bits per heavy atom. The Morgan fingerprint density at radius 3 is 1.47 bits per heavy atom. The van der Waals surface area contributed by atoms with Crippen LogP contribution in [0.2, 0.25) is 5.28 Å². The average Bonchev–Trinajstić information content (AvgIpc) is 1.55. The highest BCUT2D eigenvalue weighted by molar-refractivity contribution is 8.07. The van der Waals surface area contributed by atoms with Crippen molar-refractivity contribution >= 4 is 250 Å². The summed E-state index contributed by atoms with van der Waals surface area (Å²) in [4.78, 5) is 33.7. The lowest BCUT2D eigenvalue weighted by Gasteiger charge is -2.30. The van der Waals surface area contributed by atoms with E-state index in [0.29, 0.717) is 21.7 Å². The average molecular weight is 1480 g/mol. The molecule has 10 heterocycles. The highest BCUT2D eigenvalue weighted by Gasteiger charge is 2.32. The van der Waals surface area contributed by atoms with Crippen LogP contribution in [-0.4, -0.2) is 40.0 Å². The Kier molecular flexibility index (Phi) is 14.2. The Morgan fingerprint density at radius 2 is 0.806 bits per heavy atom. The number of nitrogens with one attached hydrogen (secondary N) is 1. The Bertz CT molecular complexity index is 7170. The molecule has 0 bridgehead atoms. The summed E-state index contributed by atoms with van der Waals surface area (Å²) < 4.78 is 10.1. The zero-order valence-electron chi connectivity index (χ0n) is 54.1. The van der Waals surface area contributed by atoms with Crippen molar-refractivity contribution in [1.82, 2.24) is 29.5 Å². The van der Waals surface area contributed by atoms with E-state index in [2.05, 4.69) is 294 Å². The van der Waals surface area contributed by atoms with Crippen LogP contribution in [0, 0.1) is 0 Å². The summed E-state index contributed by atoms with van der Waals surface area (Å²) in [6.07, 6.45) is 8.89. The SMILES string of the molecule is Clc1nc(-c2cccc3c2SC2C=CC=CC2S3)c2c(n1)sc1ccccc12.c1ccc2c(c1)Sc1cccc(-c3nc(-n4c5ccccc5c5c6ccccc6c6c7ccccc7sc6c54)nc4sc5ccccc5c34)c1S2.c1ccc2c(c1)[nH]c1c3sc4ccccc4c3c3ccccc3c21. The van der Waals surface area contributed by atoms with E-state index in [9.17, 15) is 0 Å². The first-order chi connectivity index (χ1) is 51.0. The van der Waals surface area contributed by atoms with Gasteiger partial charge in [-0.05, 0) is 93.8 Å². The molecule has 0 fully saturated rings. The van der Waals surface area contributed by atoms with Crippen molar-refractivity contribution < 1.29 is 0 Å². The predicted octanol–water partition coefficient (Wildman–Crippen LogP) is 27.8. The molecule has 0 radical (unpaired) electrons. The zero-order valence-corrected chi connectivity index (χ0v) is 61.4. The number of aromatic nitrogens is 6. The quantitative estimate of drug-likeness (QED) is 0.176. The minimum atomic E-state index is 0.304. The van der Waals surface area contributed by atoms with Gasteiger partial charge in [0.05, 0.1) is 37.3 Å². The van der Waals surface area contributed by atoms with Crippen molar-refractivity contribution in [3.05, 3.63) is 284 Å². The topological polar surface area (TPSA) is 72.3 Å². The molecule has 13 aromatic carbocycles. The van der Waals surface area contributed by atoms with Crippen molar-refractivity contribution in [2.45, 2.75) is 39.9 Å². The molecule has 486 valence electrons. The molecule has 6 nitrogen and oxygen atoms in total. The van der Waals surface area contributed by atoms with E-state index in [1.54, 1.807) is 22.7 Å². The van der Waals surface area contributed by atoms with Gasteiger partial charge in [-0.25, -0.2) is 19.9 Å². The molecule has 103 heavy (non-hydrogen) atoms. The molecule has 2 unspecified atom stereocenters. The number of fused-ring (bicyclic) bond motifs is 30. The molecule has 0 saturated carbocycles. The van der Waals surface area contributed by atoms with Crippen LogP contribution in [0.25, 0.3) is 175 Å². The van der Waals surface area contributed by atoms with Crippen molar-refractivity contribution in [2.24, 2.45) is 0 Å². The number of hydrogen-bond donors (Lipinski definition) is 1. The number of allylic oxidation sites excluding steroid dienone is 2. The lowest BCUT2D eigenvalue weighted by molar-refractivity contribution is 1.02. The molecule has 1 aliphatic carbocycles. The van der Waals surface area contributed by atoms with E-state index >= 15 is 0 Å². The van der Waals surface area contributed by atoms with Crippen molar-refractivity contribution in [3.63, 3.8) is 0 Å². The normalized spacial score (nSPS) is 14.8. The van der Waals surface area contributed by atoms with E-state index in [0.717, 1.165) is 48.5 Å². The number of thiophene rings is 4. The summed E-state index contributed by atoms with van der Waals surface area (Å²) in [6, 6.07) is 91.6. The molecule has 2 aliphatic heterocycles. The molecule has 2 atom stereocenters. The Labute approximate surface area is 626 Å². The molecule has 0 spiro atoms. The third-order valence-electron chi connectivity index (χ3n) is 20.1. The lowest BCUT2D eigenvalue weighted by atomic mass is 9.99. The van der Waals surface area contributed by atoms with Gasteiger partial charge in [-0.15, -0.1) is 68.9 Å². The summed E-state index contributed by atoms with van der Waals surface area (Å²) in [5, 5.41) is 21.5. The maximum absolute atomic E-state index is 6.35. The van der Waals surface area contributed by atoms with Gasteiger partial charge in [-0.2, -0.15) is 0 Å². The highest BCUT2D eigenvalue weighted by Crippen LogP contribution is 2.56. The van der Waals surface area contributed by atoms with E-state index in [1.165, 1.54) is 150 Å². The van der Waals surface area contributed by atoms with Crippen LogP contribution in [0.15, 0.2) is 308 Å². The number of rotatable bonds is 3. The van der Waals surface area contributed by atoms with Crippen LogP contribution in [-0.2, 0) is 0 Å². The molecule has 0 amide bonds. The number of benzene rings is 13. The molecule has 3 aliphatic rings. The van der Waals surface area contributed by atoms with Gasteiger partial charge >= 0.3 is 0 Å². The second-order valence-corrected chi connectivity index (χ2v) is 34.9. The maximum atomic E-state index is 6.35. The fraction of sp³-hybridized carbons (Fsp3) is 0.0227. The van der Waals surface area contributed by atoms with Gasteiger partial charge in [0.15, 0.2) is 0 Å². The summed E-state index contributed by atoms with van der Waals surface area (Å²) in [6.45, 7) is 0. The summed E-state index contributed by atoms with van der Waals surface area (Å²) in [7, 11) is 0. The number of halogens is 1. The molecule has 1 N–H and O–H groups in total. The fourth-order valence-electron chi connectivity index (χ4n) is 15.7. The molecular formula is C88H49ClN6S8. The number of hydrogen-bond acceptors (Lipinski definition) is 12. The molecule has 24 rings (SSSR count). The van der Waals surface area contributed by atoms with E-state index < -0.39 is 0 Å². The van der Waals surface area contributed by atoms with Crippen LogP contribution in [0.4, 0.5) is 0 Å². The van der Waals surface area contributed by atoms with Crippen molar-refractivity contribution in [2.75, 3.05) is 0 Å². The van der Waals surface area contributed by atoms with Crippen LogP contribution in [0.3, 0.4) is 0 Å². The lowest BCUT2D eigenvalue weighted by Crippen LogP contribution is -2.20. The number of nitrogens with zero attached hydrogens (tertiary/aromatic N) is 5. The summed E-state index contributed by atoms with van der Waals surface area (Å²) >= 11 is 21.1. The summed E-state index contributed by atoms with van der Waals surface area (Å²) in [5.74, 6) is 0.704. The van der Waals surface area contributed by atoms with Crippen LogP contribution >= 0.6 is 104 Å². The van der Waals surface area contributed by atoms with Crippen LogP contribution in [0.5, 0.6) is 0 Å². The Balaban J connectivity index is 0.000000108. The maximum Gasteiger partial charge on any atom is 0.236 e. The number of thioether (sulfide) groups is 2. The third-order valence-corrected chi connectivity index (χ3v) is 30.4. The first-order valence-corrected chi connectivity index (χ1v) is 40.9. The second-order valence-electron chi connectivity index (χ2n) is 25.8. The number of aromatic amines is 1. The van der Waals surface area contributed by atoms with Crippen LogP contribution < -0.4 is 0 Å². The number of para-hydroxylation sites is 2. The van der Waals surface area contributed by atoms with Gasteiger partial charge in [0, 0.05) is 140 Å². The standard InChI is InChI=1S/C44H23N3S4.C22H13ClN2S3.C22H13NS/c1-2-13-25-24(12-1)36-26-14-3-6-18-30(26)47(40(36)42-37(25)27-15-4-7-19-31(27)49-42)44-45-39(38-28-16-5-8-20-32(28)51-43(38)46-44)29-17-11-23-35-41(29)50-34-22-10-9-21-33(34)48-35;23-22-24-19(18-12-6-1-2-8-14(12)28-21(18)25-22)13-7-5-11-17-20(13)27-16-10-4-3-9-15(16)26-17;1-2-8-14-13(7-1)19-15-9-3-5-11-17(15)23-21(19)22-20(14)16-10-4-6-12-18(16)24-22/h1-23H;1-11,15-16H;1-12,23H. The smallest absolute Gasteiger partial charge is 0.236 e. The van der Waals surface area contributed by atoms with E-state index in [4.69, 9.17) is 26.6 Å². The van der Waals surface area contributed by atoms with Crippen LogP contribution in [0.1, 0.15) is 0 Å². The molecule has 0 saturated heterocycles. The van der Waals surface area contributed by atoms with E-state index in [-0.39, 0.29) is 0 Å². The number of H-pyrrole nitrogens is 1. The fourth-order valence-corrected chi connectivity index (χ4v) is 25.8. The Hall–Kier alpha value is -9.81. The first kappa shape index (κ1) is 60.7. The monoisotopic (exact) mass is 1480 g/mol. The van der Waals surface area contributed by atoms with Crippen molar-refractivity contribution in [1.29, 1.82) is 0 Å². The first-order valence-electron chi connectivity index (χ1n) is 33.9. The van der Waals surface area contributed by atoms with Gasteiger partial charge in [-0.3, -0.25) is 4.57 Å². The third kappa shape index (κ3) is 9.55. The van der Waals surface area contributed by atoms with Gasteiger partial charge in [0.25, 0.3) is 0 Å². The highest BCUT2D eigenvalue weighted by atomic mass is 35.5. The molecular weight excluding hydrogens is 1430 g/mol. The van der Waals surface area contributed by atoms with Crippen molar-refractivity contribution in [3.8, 4) is 28.5 Å². The largest absolute Gasteiger partial charge is 0.353 e. The minimum absolute atomic E-state index is 0.304. The van der Waals surface area contributed by atoms with Gasteiger partial charge in [0.2, 0.25) is 11.2 Å². The second kappa shape index (κ2) is 24.1. The molecule has 15 heteroatoms. The zero-order chi connectivity index (χ0) is 67.5. The molecule has 8 aromatic heterocycles. The summed E-state index contributed by atoms with van der Waals surface area (Å²) in [5.41, 5.74) is 8.98. The minimum Gasteiger partial charge on any atom is -0.353 e.